The Bertz CT molecular complexity index is 478. The molecule has 0 radical (unpaired) electrons. The van der Waals surface area contributed by atoms with Crippen LogP contribution in [0.5, 0.6) is 0 Å². The average molecular weight is 304 g/mol. The standard InChI is InChI=1S/C11H17N5O3.ClH/c1-8-10(3-2-4-12-8)14-11(17)7-15-6-9(5-13-15)16(18)19;/h5-6,8,10,12H,2-4,7H2,1H3,(H,14,17);1H. The first-order chi connectivity index (χ1) is 9.06. The highest BCUT2D eigenvalue weighted by Gasteiger charge is 2.22. The monoisotopic (exact) mass is 303 g/mol. The van der Waals surface area contributed by atoms with Crippen molar-refractivity contribution in [2.75, 3.05) is 6.54 Å². The number of nitrogens with one attached hydrogen (secondary N) is 2. The molecule has 1 amide bonds. The van der Waals surface area contributed by atoms with Crippen LogP contribution in [-0.2, 0) is 11.3 Å². The number of hydrogen-bond acceptors (Lipinski definition) is 5. The summed E-state index contributed by atoms with van der Waals surface area (Å²) in [4.78, 5) is 21.8. The molecular weight excluding hydrogens is 286 g/mol. The molecule has 0 bridgehead atoms. The zero-order valence-corrected chi connectivity index (χ0v) is 11.9. The van der Waals surface area contributed by atoms with E-state index in [0.717, 1.165) is 25.6 Å². The number of rotatable bonds is 4. The molecule has 8 nitrogen and oxygen atoms in total. The smallest absolute Gasteiger partial charge is 0.307 e. The number of aromatic nitrogens is 2. The van der Waals surface area contributed by atoms with Crippen LogP contribution in [-0.4, -0.2) is 39.2 Å². The van der Waals surface area contributed by atoms with E-state index in [1.54, 1.807) is 0 Å². The van der Waals surface area contributed by atoms with Crippen molar-refractivity contribution in [3.8, 4) is 0 Å². The van der Waals surface area contributed by atoms with Crippen LogP contribution in [0.3, 0.4) is 0 Å². The summed E-state index contributed by atoms with van der Waals surface area (Å²) in [5.41, 5.74) is -0.111. The first-order valence-corrected chi connectivity index (χ1v) is 6.26. The van der Waals surface area contributed by atoms with Crippen molar-refractivity contribution in [2.45, 2.75) is 38.4 Å². The number of amides is 1. The highest BCUT2D eigenvalue weighted by molar-refractivity contribution is 5.85. The summed E-state index contributed by atoms with van der Waals surface area (Å²) in [5.74, 6) is -0.182. The molecular formula is C11H18ClN5O3. The molecule has 2 N–H and O–H groups in total. The normalized spacial score (nSPS) is 21.9. The van der Waals surface area contributed by atoms with Crippen LogP contribution in [0.2, 0.25) is 0 Å². The van der Waals surface area contributed by atoms with E-state index in [1.807, 2.05) is 6.92 Å². The van der Waals surface area contributed by atoms with Gasteiger partial charge in [0.15, 0.2) is 0 Å². The van der Waals surface area contributed by atoms with Gasteiger partial charge in [0.2, 0.25) is 5.91 Å². The van der Waals surface area contributed by atoms with Crippen LogP contribution in [0.4, 0.5) is 5.69 Å². The molecule has 0 saturated carbocycles. The van der Waals surface area contributed by atoms with Crippen LogP contribution in [0.25, 0.3) is 0 Å². The second kappa shape index (κ2) is 7.20. The van der Waals surface area contributed by atoms with Gasteiger partial charge in [-0.05, 0) is 26.3 Å². The Morgan fingerprint density at radius 3 is 3.05 bits per heavy atom. The van der Waals surface area contributed by atoms with Gasteiger partial charge < -0.3 is 10.6 Å². The van der Waals surface area contributed by atoms with E-state index < -0.39 is 4.92 Å². The summed E-state index contributed by atoms with van der Waals surface area (Å²) < 4.78 is 1.27. The minimum Gasteiger partial charge on any atom is -0.350 e. The van der Waals surface area contributed by atoms with Gasteiger partial charge in [0.25, 0.3) is 0 Å². The summed E-state index contributed by atoms with van der Waals surface area (Å²) in [6.07, 6.45) is 4.36. The molecule has 9 heteroatoms. The van der Waals surface area contributed by atoms with Gasteiger partial charge in [-0.3, -0.25) is 19.6 Å². The van der Waals surface area contributed by atoms with E-state index in [0.29, 0.717) is 0 Å². The molecule has 1 aliphatic rings. The highest BCUT2D eigenvalue weighted by Crippen LogP contribution is 2.09. The number of halogens is 1. The van der Waals surface area contributed by atoms with Gasteiger partial charge in [0, 0.05) is 12.1 Å². The van der Waals surface area contributed by atoms with Gasteiger partial charge in [0.05, 0.1) is 4.92 Å². The SMILES string of the molecule is CC1NCCCC1NC(=O)Cn1cc([N+](=O)[O-])cn1.Cl. The number of carbonyl (C=O) groups is 1. The molecule has 2 heterocycles. The van der Waals surface area contributed by atoms with Gasteiger partial charge in [-0.15, -0.1) is 12.4 Å². The van der Waals surface area contributed by atoms with E-state index in [1.165, 1.54) is 10.9 Å². The molecule has 1 saturated heterocycles. The van der Waals surface area contributed by atoms with Crippen molar-refractivity contribution in [2.24, 2.45) is 0 Å². The largest absolute Gasteiger partial charge is 0.350 e. The van der Waals surface area contributed by atoms with Crippen LogP contribution in [0, 0.1) is 10.1 Å². The zero-order valence-electron chi connectivity index (χ0n) is 11.1. The third-order valence-electron chi connectivity index (χ3n) is 3.24. The number of nitro groups is 1. The molecule has 1 aliphatic heterocycles. The summed E-state index contributed by atoms with van der Waals surface area (Å²) in [6.45, 7) is 3.00. The predicted octanol–water partition coefficient (Wildman–Crippen LogP) is 0.470. The summed E-state index contributed by atoms with van der Waals surface area (Å²) in [6, 6.07) is 0.344. The van der Waals surface area contributed by atoms with Crippen molar-refractivity contribution in [1.29, 1.82) is 0 Å². The molecule has 112 valence electrons. The lowest BCUT2D eigenvalue weighted by Gasteiger charge is -2.30. The Morgan fingerprint density at radius 2 is 2.45 bits per heavy atom. The quantitative estimate of drug-likeness (QED) is 0.622. The van der Waals surface area contributed by atoms with E-state index in [9.17, 15) is 14.9 Å². The van der Waals surface area contributed by atoms with E-state index in [4.69, 9.17) is 0 Å². The molecule has 0 aliphatic carbocycles. The zero-order chi connectivity index (χ0) is 13.8. The van der Waals surface area contributed by atoms with Crippen molar-refractivity contribution < 1.29 is 9.72 Å². The molecule has 0 aromatic carbocycles. The third kappa shape index (κ3) is 4.17. The Kier molecular flexibility index (Phi) is 5.90. The first kappa shape index (κ1) is 16.4. The fraction of sp³-hybridized carbons (Fsp3) is 0.636. The molecule has 0 spiro atoms. The van der Waals surface area contributed by atoms with Gasteiger partial charge >= 0.3 is 5.69 Å². The number of piperidine rings is 1. The average Bonchev–Trinajstić information content (AvgIpc) is 2.80. The lowest BCUT2D eigenvalue weighted by Crippen LogP contribution is -2.52. The third-order valence-corrected chi connectivity index (χ3v) is 3.24. The van der Waals surface area contributed by atoms with Crippen LogP contribution < -0.4 is 10.6 Å². The number of nitrogens with zero attached hydrogens (tertiary/aromatic N) is 3. The molecule has 1 aromatic heterocycles. The second-order valence-electron chi connectivity index (χ2n) is 4.71. The summed E-state index contributed by atoms with van der Waals surface area (Å²) in [5, 5.41) is 20.5. The molecule has 1 fully saturated rings. The molecule has 2 unspecified atom stereocenters. The topological polar surface area (TPSA) is 102 Å². The van der Waals surface area contributed by atoms with Crippen molar-refractivity contribution in [3.63, 3.8) is 0 Å². The Hall–Kier alpha value is -1.67. The van der Waals surface area contributed by atoms with Crippen LogP contribution >= 0.6 is 12.4 Å². The van der Waals surface area contributed by atoms with E-state index >= 15 is 0 Å². The fourth-order valence-electron chi connectivity index (χ4n) is 2.17. The second-order valence-corrected chi connectivity index (χ2v) is 4.71. The minimum absolute atomic E-state index is 0. The molecule has 1 aromatic rings. The number of hydrogen-bond donors (Lipinski definition) is 2. The lowest BCUT2D eigenvalue weighted by molar-refractivity contribution is -0.385. The maximum Gasteiger partial charge on any atom is 0.307 e. The lowest BCUT2D eigenvalue weighted by atomic mass is 10.00. The Morgan fingerprint density at radius 1 is 1.70 bits per heavy atom. The van der Waals surface area contributed by atoms with Gasteiger partial charge in [-0.2, -0.15) is 5.10 Å². The van der Waals surface area contributed by atoms with Gasteiger partial charge in [0.1, 0.15) is 18.9 Å². The first-order valence-electron chi connectivity index (χ1n) is 6.26. The Labute approximate surface area is 122 Å². The van der Waals surface area contributed by atoms with Gasteiger partial charge in [-0.1, -0.05) is 0 Å². The Balaban J connectivity index is 0.00000200. The van der Waals surface area contributed by atoms with E-state index in [2.05, 4.69) is 15.7 Å². The molecule has 20 heavy (non-hydrogen) atoms. The van der Waals surface area contributed by atoms with Crippen LogP contribution in [0.15, 0.2) is 12.4 Å². The molecule has 2 rings (SSSR count). The fourth-order valence-corrected chi connectivity index (χ4v) is 2.17. The van der Waals surface area contributed by atoms with Gasteiger partial charge in [-0.25, -0.2) is 0 Å². The van der Waals surface area contributed by atoms with Crippen molar-refractivity contribution >= 4 is 24.0 Å². The summed E-state index contributed by atoms with van der Waals surface area (Å²) >= 11 is 0. The van der Waals surface area contributed by atoms with Crippen molar-refractivity contribution in [1.82, 2.24) is 20.4 Å². The van der Waals surface area contributed by atoms with Crippen LogP contribution in [0.1, 0.15) is 19.8 Å². The summed E-state index contributed by atoms with van der Waals surface area (Å²) in [7, 11) is 0. The maximum atomic E-state index is 11.8. The highest BCUT2D eigenvalue weighted by atomic mass is 35.5. The predicted molar refractivity (Wildman–Crippen MR) is 74.8 cm³/mol. The van der Waals surface area contributed by atoms with Crippen molar-refractivity contribution in [3.05, 3.63) is 22.5 Å². The minimum atomic E-state index is -0.533. The molecule has 2 atom stereocenters. The maximum absolute atomic E-state index is 11.8. The number of carbonyl (C=O) groups excluding carboxylic acids is 1. The van der Waals surface area contributed by atoms with E-state index in [-0.39, 0.29) is 42.6 Å².